The maximum Gasteiger partial charge on any atom is 0.126 e. The molecule has 0 aromatic heterocycles. The Morgan fingerprint density at radius 3 is 3.05 bits per heavy atom. The fourth-order valence-electron chi connectivity index (χ4n) is 4.07. The standard InChI is InChI=1S/C19H29NO/c1-3-10-20-13-16-8-7-14(2)12-18(16)17-6-4-5-15-9-11-21-19(15)17/h4-6,14,16,18,20H,3,7-13H2,1-2H3. The fourth-order valence-corrected chi connectivity index (χ4v) is 4.07. The van der Waals surface area contributed by atoms with Crippen LogP contribution in [0.25, 0.3) is 0 Å². The van der Waals surface area contributed by atoms with Gasteiger partial charge in [-0.2, -0.15) is 0 Å². The Bertz CT molecular complexity index is 471. The second-order valence-corrected chi connectivity index (χ2v) is 6.92. The zero-order chi connectivity index (χ0) is 14.7. The Morgan fingerprint density at radius 1 is 1.29 bits per heavy atom. The molecule has 1 aliphatic carbocycles. The molecule has 1 aromatic rings. The maximum absolute atomic E-state index is 5.97. The van der Waals surface area contributed by atoms with E-state index in [0.717, 1.165) is 38.0 Å². The summed E-state index contributed by atoms with van der Waals surface area (Å²) in [6, 6.07) is 6.79. The lowest BCUT2D eigenvalue weighted by molar-refractivity contribution is 0.236. The third-order valence-corrected chi connectivity index (χ3v) is 5.23. The van der Waals surface area contributed by atoms with Gasteiger partial charge in [-0.15, -0.1) is 0 Å². The number of hydrogen-bond acceptors (Lipinski definition) is 2. The summed E-state index contributed by atoms with van der Waals surface area (Å²) in [4.78, 5) is 0. The van der Waals surface area contributed by atoms with Crippen LogP contribution < -0.4 is 10.1 Å². The van der Waals surface area contributed by atoms with Gasteiger partial charge in [0.05, 0.1) is 6.61 Å². The quantitative estimate of drug-likeness (QED) is 0.822. The molecular formula is C19H29NO. The predicted molar refractivity (Wildman–Crippen MR) is 88.0 cm³/mol. The molecule has 3 rings (SSSR count). The van der Waals surface area contributed by atoms with Crippen molar-refractivity contribution in [2.24, 2.45) is 11.8 Å². The van der Waals surface area contributed by atoms with Crippen molar-refractivity contribution in [3.05, 3.63) is 29.3 Å². The van der Waals surface area contributed by atoms with Crippen molar-refractivity contribution in [3.63, 3.8) is 0 Å². The zero-order valence-corrected chi connectivity index (χ0v) is 13.5. The van der Waals surface area contributed by atoms with Gasteiger partial charge in [-0.05, 0) is 61.2 Å². The summed E-state index contributed by atoms with van der Waals surface area (Å²) in [6.45, 7) is 7.82. The van der Waals surface area contributed by atoms with Crippen LogP contribution in [-0.2, 0) is 6.42 Å². The first-order valence-corrected chi connectivity index (χ1v) is 8.75. The average Bonchev–Trinajstić information content (AvgIpc) is 2.97. The van der Waals surface area contributed by atoms with Gasteiger partial charge in [0.1, 0.15) is 5.75 Å². The smallest absolute Gasteiger partial charge is 0.126 e. The summed E-state index contributed by atoms with van der Waals surface area (Å²) in [5.74, 6) is 3.50. The Labute approximate surface area is 129 Å². The van der Waals surface area contributed by atoms with Crippen LogP contribution in [0.1, 0.15) is 56.6 Å². The molecule has 0 saturated heterocycles. The number of ether oxygens (including phenoxy) is 1. The van der Waals surface area contributed by atoms with Crippen molar-refractivity contribution < 1.29 is 4.74 Å². The van der Waals surface area contributed by atoms with E-state index < -0.39 is 0 Å². The number of hydrogen-bond donors (Lipinski definition) is 1. The van der Waals surface area contributed by atoms with Gasteiger partial charge in [0.15, 0.2) is 0 Å². The van der Waals surface area contributed by atoms with Crippen molar-refractivity contribution >= 4 is 0 Å². The average molecular weight is 287 g/mol. The number of rotatable bonds is 5. The molecule has 3 unspecified atom stereocenters. The van der Waals surface area contributed by atoms with Gasteiger partial charge < -0.3 is 10.1 Å². The molecule has 0 bridgehead atoms. The molecule has 2 heteroatoms. The first-order chi connectivity index (χ1) is 10.3. The number of benzene rings is 1. The molecule has 2 aliphatic rings. The lowest BCUT2D eigenvalue weighted by Crippen LogP contribution is -2.32. The molecule has 1 heterocycles. The highest BCUT2D eigenvalue weighted by Crippen LogP contribution is 2.45. The first kappa shape index (κ1) is 14.9. The summed E-state index contributed by atoms with van der Waals surface area (Å²) in [5.41, 5.74) is 2.91. The molecular weight excluding hydrogens is 258 g/mol. The molecule has 1 saturated carbocycles. The molecule has 3 atom stereocenters. The largest absolute Gasteiger partial charge is 0.493 e. The van der Waals surface area contributed by atoms with Gasteiger partial charge in [-0.3, -0.25) is 0 Å². The van der Waals surface area contributed by atoms with E-state index in [1.165, 1.54) is 42.6 Å². The highest BCUT2D eigenvalue weighted by molar-refractivity contribution is 5.46. The Morgan fingerprint density at radius 2 is 2.19 bits per heavy atom. The van der Waals surface area contributed by atoms with Crippen LogP contribution in [0.15, 0.2) is 18.2 Å². The normalized spacial score (nSPS) is 28.2. The Balaban J connectivity index is 1.80. The summed E-state index contributed by atoms with van der Waals surface area (Å²) in [6.07, 6.45) is 6.36. The van der Waals surface area contributed by atoms with Gasteiger partial charge >= 0.3 is 0 Å². The number of nitrogens with one attached hydrogen (secondary N) is 1. The van der Waals surface area contributed by atoms with Crippen LogP contribution in [0.4, 0.5) is 0 Å². The zero-order valence-electron chi connectivity index (χ0n) is 13.5. The van der Waals surface area contributed by atoms with E-state index in [1.54, 1.807) is 0 Å². The third kappa shape index (κ3) is 3.26. The summed E-state index contributed by atoms with van der Waals surface area (Å²) < 4.78 is 5.97. The van der Waals surface area contributed by atoms with Crippen LogP contribution in [0, 0.1) is 11.8 Å². The minimum atomic E-state index is 0.672. The lowest BCUT2D eigenvalue weighted by atomic mass is 9.71. The molecule has 2 nitrogen and oxygen atoms in total. The summed E-state index contributed by atoms with van der Waals surface area (Å²) >= 11 is 0. The Kier molecular flexibility index (Phi) is 4.84. The molecule has 1 aromatic carbocycles. The van der Waals surface area contributed by atoms with Gasteiger partial charge in [0, 0.05) is 6.42 Å². The molecule has 1 fully saturated rings. The first-order valence-electron chi connectivity index (χ1n) is 8.75. The highest BCUT2D eigenvalue weighted by atomic mass is 16.5. The molecule has 0 spiro atoms. The highest BCUT2D eigenvalue weighted by Gasteiger charge is 2.32. The molecule has 0 radical (unpaired) electrons. The van der Waals surface area contributed by atoms with E-state index in [2.05, 4.69) is 37.4 Å². The van der Waals surface area contributed by atoms with E-state index in [-0.39, 0.29) is 0 Å². The molecule has 116 valence electrons. The van der Waals surface area contributed by atoms with Gasteiger partial charge in [-0.1, -0.05) is 38.5 Å². The Hall–Kier alpha value is -1.02. The van der Waals surface area contributed by atoms with Crippen molar-refractivity contribution in [2.45, 2.75) is 51.9 Å². The van der Waals surface area contributed by atoms with Crippen molar-refractivity contribution in [3.8, 4) is 5.75 Å². The molecule has 0 amide bonds. The minimum absolute atomic E-state index is 0.672. The summed E-state index contributed by atoms with van der Waals surface area (Å²) in [7, 11) is 0. The van der Waals surface area contributed by atoms with Gasteiger partial charge in [0.25, 0.3) is 0 Å². The van der Waals surface area contributed by atoms with E-state index in [4.69, 9.17) is 4.74 Å². The van der Waals surface area contributed by atoms with Crippen LogP contribution in [-0.4, -0.2) is 19.7 Å². The van der Waals surface area contributed by atoms with Crippen LogP contribution in [0.2, 0.25) is 0 Å². The van der Waals surface area contributed by atoms with Crippen molar-refractivity contribution in [2.75, 3.05) is 19.7 Å². The third-order valence-electron chi connectivity index (χ3n) is 5.23. The molecule has 21 heavy (non-hydrogen) atoms. The van der Waals surface area contributed by atoms with Gasteiger partial charge in [-0.25, -0.2) is 0 Å². The van der Waals surface area contributed by atoms with E-state index in [0.29, 0.717) is 5.92 Å². The van der Waals surface area contributed by atoms with Crippen LogP contribution in [0.3, 0.4) is 0 Å². The van der Waals surface area contributed by atoms with E-state index >= 15 is 0 Å². The predicted octanol–water partition coefficient (Wildman–Crippen LogP) is 4.14. The second-order valence-electron chi connectivity index (χ2n) is 6.92. The van der Waals surface area contributed by atoms with Crippen LogP contribution in [0.5, 0.6) is 5.75 Å². The summed E-state index contributed by atoms with van der Waals surface area (Å²) in [5, 5.41) is 3.65. The topological polar surface area (TPSA) is 21.3 Å². The maximum atomic E-state index is 5.97. The van der Waals surface area contributed by atoms with Crippen molar-refractivity contribution in [1.29, 1.82) is 0 Å². The van der Waals surface area contributed by atoms with Crippen molar-refractivity contribution in [1.82, 2.24) is 5.32 Å². The monoisotopic (exact) mass is 287 g/mol. The number of para-hydroxylation sites is 1. The van der Waals surface area contributed by atoms with E-state index in [9.17, 15) is 0 Å². The molecule has 1 N–H and O–H groups in total. The molecule has 1 aliphatic heterocycles. The van der Waals surface area contributed by atoms with E-state index in [1.807, 2.05) is 0 Å². The SMILES string of the molecule is CCCNCC1CCC(C)CC1c1cccc2c1OCC2. The number of fused-ring (bicyclic) bond motifs is 1. The van der Waals surface area contributed by atoms with Gasteiger partial charge in [0.2, 0.25) is 0 Å². The minimum Gasteiger partial charge on any atom is -0.493 e. The fraction of sp³-hybridized carbons (Fsp3) is 0.684. The lowest BCUT2D eigenvalue weighted by Gasteiger charge is -2.36. The second kappa shape index (κ2) is 6.83. The van der Waals surface area contributed by atoms with Crippen LogP contribution >= 0.6 is 0 Å².